The largest absolute Gasteiger partial charge is 0.339 e. The lowest BCUT2D eigenvalue weighted by Crippen LogP contribution is -2.37. The zero-order valence-electron chi connectivity index (χ0n) is 11.9. The van der Waals surface area contributed by atoms with E-state index in [1.54, 1.807) is 0 Å². The van der Waals surface area contributed by atoms with Crippen molar-refractivity contribution in [3.63, 3.8) is 0 Å². The molecule has 0 spiro atoms. The summed E-state index contributed by atoms with van der Waals surface area (Å²) in [5.74, 6) is 2.72. The zero-order chi connectivity index (χ0) is 13.1. The van der Waals surface area contributed by atoms with Crippen LogP contribution in [0, 0.1) is 17.8 Å². The Labute approximate surface area is 111 Å². The maximum absolute atomic E-state index is 11.8. The van der Waals surface area contributed by atoms with Gasteiger partial charge in [0.15, 0.2) is 0 Å². The third-order valence-electron chi connectivity index (χ3n) is 5.25. The minimum Gasteiger partial charge on any atom is -0.339 e. The number of rotatable bonds is 2. The molecule has 2 saturated carbocycles. The Kier molecular flexibility index (Phi) is 4.47. The first-order valence-electron chi connectivity index (χ1n) is 7.51. The van der Waals surface area contributed by atoms with E-state index in [4.69, 9.17) is 0 Å². The third kappa shape index (κ3) is 2.96. The smallest absolute Gasteiger partial charge is 0.245 e. The summed E-state index contributed by atoms with van der Waals surface area (Å²) in [7, 11) is 1.94. The molecule has 0 saturated heterocycles. The summed E-state index contributed by atoms with van der Waals surface area (Å²) in [5.41, 5.74) is 0. The van der Waals surface area contributed by atoms with E-state index in [1.165, 1.54) is 51.0 Å². The molecule has 2 bridgehead atoms. The zero-order valence-corrected chi connectivity index (χ0v) is 11.9. The third-order valence-corrected chi connectivity index (χ3v) is 5.25. The number of carbonyl (C=O) groups is 1. The fraction of sp³-hybridized carbons (Fsp3) is 0.812. The predicted molar refractivity (Wildman–Crippen MR) is 75.2 cm³/mol. The number of nitrogens with zero attached hydrogens (tertiary/aromatic N) is 1. The number of carbonyl (C=O) groups excluding carboxylic acids is 1. The van der Waals surface area contributed by atoms with Gasteiger partial charge in [-0.05, 0) is 49.5 Å². The second kappa shape index (κ2) is 5.90. The van der Waals surface area contributed by atoms with Gasteiger partial charge in [-0.2, -0.15) is 0 Å². The topological polar surface area (TPSA) is 20.3 Å². The highest BCUT2D eigenvalue weighted by molar-refractivity contribution is 5.87. The summed E-state index contributed by atoms with van der Waals surface area (Å²) in [6.45, 7) is 5.99. The number of amides is 1. The minimum atomic E-state index is 0.0802. The number of fused-ring (bicyclic) bond motifs is 2. The number of hydrogen-bond acceptors (Lipinski definition) is 1. The SMILES string of the molecule is C=CC(=O)N(C)C1CCCC2CCC(C2)C(C)C1. The van der Waals surface area contributed by atoms with E-state index in [1.807, 2.05) is 11.9 Å². The van der Waals surface area contributed by atoms with Crippen LogP contribution in [0.1, 0.15) is 51.9 Å². The Balaban J connectivity index is 2.03. The predicted octanol–water partition coefficient (Wildman–Crippen LogP) is 3.63. The second-order valence-corrected chi connectivity index (χ2v) is 6.39. The molecule has 4 unspecified atom stereocenters. The van der Waals surface area contributed by atoms with Gasteiger partial charge in [-0.3, -0.25) is 4.79 Å². The monoisotopic (exact) mass is 249 g/mol. The Bertz CT molecular complexity index is 312. The molecule has 0 radical (unpaired) electrons. The van der Waals surface area contributed by atoms with Gasteiger partial charge in [0.2, 0.25) is 5.91 Å². The molecule has 2 rings (SSSR count). The standard InChI is InChI=1S/C16H27NO/c1-4-16(18)17(3)15-7-5-6-13-8-9-14(11-13)12(2)10-15/h4,12-15H,1,5-11H2,2-3H3. The molecule has 0 aromatic heterocycles. The van der Waals surface area contributed by atoms with E-state index < -0.39 is 0 Å². The first kappa shape index (κ1) is 13.6. The van der Waals surface area contributed by atoms with E-state index >= 15 is 0 Å². The van der Waals surface area contributed by atoms with E-state index in [9.17, 15) is 4.79 Å². The van der Waals surface area contributed by atoms with Crippen LogP contribution < -0.4 is 0 Å². The summed E-state index contributed by atoms with van der Waals surface area (Å²) < 4.78 is 0. The summed E-state index contributed by atoms with van der Waals surface area (Å²) in [6, 6.07) is 0.421. The van der Waals surface area contributed by atoms with E-state index in [2.05, 4.69) is 13.5 Å². The van der Waals surface area contributed by atoms with Gasteiger partial charge < -0.3 is 4.90 Å². The molecule has 1 amide bonds. The average molecular weight is 249 g/mol. The molecule has 0 heterocycles. The van der Waals surface area contributed by atoms with Crippen molar-refractivity contribution in [2.45, 2.75) is 57.9 Å². The van der Waals surface area contributed by atoms with Crippen molar-refractivity contribution in [3.8, 4) is 0 Å². The van der Waals surface area contributed by atoms with Gasteiger partial charge in [0, 0.05) is 13.1 Å². The first-order valence-corrected chi connectivity index (χ1v) is 7.51. The lowest BCUT2D eigenvalue weighted by molar-refractivity contribution is -0.127. The summed E-state index contributed by atoms with van der Waals surface area (Å²) in [6.07, 6.45) is 10.7. The van der Waals surface area contributed by atoms with Crippen LogP contribution in [0.3, 0.4) is 0 Å². The van der Waals surface area contributed by atoms with Crippen LogP contribution in [0.5, 0.6) is 0 Å². The molecule has 2 nitrogen and oxygen atoms in total. The van der Waals surface area contributed by atoms with E-state index in [-0.39, 0.29) is 5.91 Å². The Hall–Kier alpha value is -0.790. The molecule has 0 N–H and O–H groups in total. The van der Waals surface area contributed by atoms with Crippen molar-refractivity contribution in [1.29, 1.82) is 0 Å². The van der Waals surface area contributed by atoms with Crippen molar-refractivity contribution in [1.82, 2.24) is 4.90 Å². The van der Waals surface area contributed by atoms with Crippen LogP contribution in [0.15, 0.2) is 12.7 Å². The molecule has 2 fully saturated rings. The van der Waals surface area contributed by atoms with Crippen molar-refractivity contribution < 1.29 is 4.79 Å². The summed E-state index contributed by atoms with van der Waals surface area (Å²) in [5, 5.41) is 0. The van der Waals surface area contributed by atoms with Crippen molar-refractivity contribution in [3.05, 3.63) is 12.7 Å². The summed E-state index contributed by atoms with van der Waals surface area (Å²) >= 11 is 0. The molecule has 0 aliphatic heterocycles. The number of hydrogen-bond donors (Lipinski definition) is 0. The lowest BCUT2D eigenvalue weighted by atomic mass is 9.86. The van der Waals surface area contributed by atoms with Crippen LogP contribution in [-0.4, -0.2) is 23.9 Å². The van der Waals surface area contributed by atoms with Gasteiger partial charge in [-0.25, -0.2) is 0 Å². The fourth-order valence-corrected chi connectivity index (χ4v) is 3.95. The van der Waals surface area contributed by atoms with Crippen LogP contribution in [-0.2, 0) is 4.79 Å². The van der Waals surface area contributed by atoms with E-state index in [0.29, 0.717) is 6.04 Å². The van der Waals surface area contributed by atoms with Crippen molar-refractivity contribution in [2.75, 3.05) is 7.05 Å². The molecular formula is C16H27NO. The molecule has 18 heavy (non-hydrogen) atoms. The molecule has 2 aliphatic rings. The van der Waals surface area contributed by atoms with Crippen molar-refractivity contribution in [2.24, 2.45) is 17.8 Å². The maximum atomic E-state index is 11.8. The average Bonchev–Trinajstić information content (AvgIpc) is 2.86. The first-order chi connectivity index (χ1) is 8.61. The van der Waals surface area contributed by atoms with Gasteiger partial charge in [-0.1, -0.05) is 32.8 Å². The van der Waals surface area contributed by atoms with Crippen LogP contribution >= 0.6 is 0 Å². The molecule has 0 aromatic carbocycles. The fourth-order valence-electron chi connectivity index (χ4n) is 3.95. The lowest BCUT2D eigenvalue weighted by Gasteiger charge is -2.31. The molecular weight excluding hydrogens is 222 g/mol. The van der Waals surface area contributed by atoms with Gasteiger partial charge in [0.25, 0.3) is 0 Å². The minimum absolute atomic E-state index is 0.0802. The molecule has 102 valence electrons. The van der Waals surface area contributed by atoms with Crippen molar-refractivity contribution >= 4 is 5.91 Å². The Morgan fingerprint density at radius 2 is 2.00 bits per heavy atom. The van der Waals surface area contributed by atoms with Gasteiger partial charge >= 0.3 is 0 Å². The van der Waals surface area contributed by atoms with Crippen LogP contribution in [0.4, 0.5) is 0 Å². The van der Waals surface area contributed by atoms with Gasteiger partial charge in [0.1, 0.15) is 0 Å². The quantitative estimate of drug-likeness (QED) is 0.684. The van der Waals surface area contributed by atoms with E-state index in [0.717, 1.165) is 17.8 Å². The highest BCUT2D eigenvalue weighted by atomic mass is 16.2. The Morgan fingerprint density at radius 1 is 1.22 bits per heavy atom. The van der Waals surface area contributed by atoms with Crippen LogP contribution in [0.25, 0.3) is 0 Å². The molecule has 2 aliphatic carbocycles. The summed E-state index contributed by atoms with van der Waals surface area (Å²) in [4.78, 5) is 13.7. The van der Waals surface area contributed by atoms with Gasteiger partial charge in [-0.15, -0.1) is 0 Å². The molecule has 0 aromatic rings. The highest BCUT2D eigenvalue weighted by Gasteiger charge is 2.32. The normalized spacial score (nSPS) is 36.3. The number of likely N-dealkylation sites (N-methyl/N-ethyl adjacent to an activating group) is 1. The van der Waals surface area contributed by atoms with Gasteiger partial charge in [0.05, 0.1) is 0 Å². The maximum Gasteiger partial charge on any atom is 0.245 e. The second-order valence-electron chi connectivity index (χ2n) is 6.39. The van der Waals surface area contributed by atoms with Crippen LogP contribution in [0.2, 0.25) is 0 Å². The molecule has 2 heteroatoms. The highest BCUT2D eigenvalue weighted by Crippen LogP contribution is 2.41. The Morgan fingerprint density at radius 3 is 2.72 bits per heavy atom. The molecule has 4 atom stereocenters.